The number of carbonyl (C=O) groups is 2. The molecule has 2 amide bonds. The molecule has 148 valence electrons. The SMILES string of the molecule is CC(=O)Nc1cc(C(=O)N2Cc3ccccc3C[C@@H]2c2nnc(C)o2)ccc1F. The number of hydrogen-bond donors (Lipinski definition) is 1. The fraction of sp³-hybridized carbons (Fsp3) is 0.238. The molecule has 1 atom stereocenters. The van der Waals surface area contributed by atoms with Crippen LogP contribution in [-0.4, -0.2) is 26.9 Å². The summed E-state index contributed by atoms with van der Waals surface area (Å²) < 4.78 is 19.6. The molecule has 3 aromatic rings. The summed E-state index contributed by atoms with van der Waals surface area (Å²) in [6, 6.07) is 11.3. The summed E-state index contributed by atoms with van der Waals surface area (Å²) >= 11 is 0. The van der Waals surface area contributed by atoms with Crippen LogP contribution in [0.4, 0.5) is 10.1 Å². The van der Waals surface area contributed by atoms with Gasteiger partial charge in [-0.25, -0.2) is 4.39 Å². The highest BCUT2D eigenvalue weighted by Crippen LogP contribution is 2.34. The van der Waals surface area contributed by atoms with Gasteiger partial charge in [0.2, 0.25) is 17.7 Å². The van der Waals surface area contributed by atoms with Crippen molar-refractivity contribution in [2.75, 3.05) is 5.32 Å². The molecule has 7 nitrogen and oxygen atoms in total. The van der Waals surface area contributed by atoms with Gasteiger partial charge in [-0.15, -0.1) is 10.2 Å². The van der Waals surface area contributed by atoms with Crippen LogP contribution in [0.5, 0.6) is 0 Å². The molecule has 0 saturated heterocycles. The molecule has 1 aliphatic heterocycles. The van der Waals surface area contributed by atoms with Crippen molar-refractivity contribution in [2.24, 2.45) is 0 Å². The summed E-state index contributed by atoms with van der Waals surface area (Å²) in [7, 11) is 0. The van der Waals surface area contributed by atoms with Crippen LogP contribution in [0, 0.1) is 12.7 Å². The molecule has 0 saturated carbocycles. The van der Waals surface area contributed by atoms with Crippen molar-refractivity contribution in [3.8, 4) is 0 Å². The molecule has 1 N–H and O–H groups in total. The van der Waals surface area contributed by atoms with Gasteiger partial charge in [0.1, 0.15) is 11.9 Å². The lowest BCUT2D eigenvalue weighted by Crippen LogP contribution is -2.39. The summed E-state index contributed by atoms with van der Waals surface area (Å²) in [5, 5.41) is 10.4. The molecule has 8 heteroatoms. The van der Waals surface area contributed by atoms with Crippen molar-refractivity contribution in [1.82, 2.24) is 15.1 Å². The van der Waals surface area contributed by atoms with E-state index in [1.165, 1.54) is 25.1 Å². The molecular formula is C21H19FN4O3. The maximum absolute atomic E-state index is 14.0. The number of aryl methyl sites for hydroxylation is 1. The smallest absolute Gasteiger partial charge is 0.254 e. The van der Waals surface area contributed by atoms with Crippen LogP contribution in [-0.2, 0) is 17.8 Å². The molecule has 1 aromatic heterocycles. The second kappa shape index (κ2) is 7.46. The minimum Gasteiger partial charge on any atom is -0.423 e. The first-order chi connectivity index (χ1) is 13.9. The number of aromatic nitrogens is 2. The van der Waals surface area contributed by atoms with Crippen LogP contribution in [0.2, 0.25) is 0 Å². The average Bonchev–Trinajstić information content (AvgIpc) is 3.14. The minimum absolute atomic E-state index is 0.0362. The Morgan fingerprint density at radius 1 is 1.17 bits per heavy atom. The molecule has 29 heavy (non-hydrogen) atoms. The number of halogens is 1. The number of amides is 2. The number of nitrogens with one attached hydrogen (secondary N) is 1. The quantitative estimate of drug-likeness (QED) is 0.735. The third-order valence-electron chi connectivity index (χ3n) is 4.86. The Hall–Kier alpha value is -3.55. The zero-order chi connectivity index (χ0) is 20.5. The van der Waals surface area contributed by atoms with E-state index in [0.717, 1.165) is 11.1 Å². The van der Waals surface area contributed by atoms with Crippen LogP contribution in [0.3, 0.4) is 0 Å². The molecule has 2 heterocycles. The van der Waals surface area contributed by atoms with Crippen LogP contribution in [0.15, 0.2) is 46.9 Å². The fourth-order valence-corrected chi connectivity index (χ4v) is 3.51. The fourth-order valence-electron chi connectivity index (χ4n) is 3.51. The Balaban J connectivity index is 1.72. The van der Waals surface area contributed by atoms with Gasteiger partial charge in [-0.05, 0) is 29.3 Å². The topological polar surface area (TPSA) is 88.3 Å². The molecule has 0 aliphatic carbocycles. The highest BCUT2D eigenvalue weighted by atomic mass is 19.1. The number of hydrogen-bond acceptors (Lipinski definition) is 5. The maximum Gasteiger partial charge on any atom is 0.254 e. The largest absolute Gasteiger partial charge is 0.423 e. The molecular weight excluding hydrogens is 375 g/mol. The Labute approximate surface area is 166 Å². The summed E-state index contributed by atoms with van der Waals surface area (Å²) in [5.74, 6) is -0.563. The van der Waals surface area contributed by atoms with Crippen molar-refractivity contribution < 1.29 is 18.4 Å². The van der Waals surface area contributed by atoms with Crippen LogP contribution in [0.1, 0.15) is 46.2 Å². The van der Waals surface area contributed by atoms with Gasteiger partial charge in [0.15, 0.2) is 0 Å². The first kappa shape index (κ1) is 18.8. The summed E-state index contributed by atoms with van der Waals surface area (Å²) in [6.45, 7) is 3.33. The second-order valence-electron chi connectivity index (χ2n) is 6.96. The van der Waals surface area contributed by atoms with Gasteiger partial charge >= 0.3 is 0 Å². The first-order valence-corrected chi connectivity index (χ1v) is 9.17. The summed E-state index contributed by atoms with van der Waals surface area (Å²) in [6.07, 6.45) is 0.531. The van der Waals surface area contributed by atoms with Crippen LogP contribution >= 0.6 is 0 Å². The zero-order valence-corrected chi connectivity index (χ0v) is 16.0. The Kier molecular flexibility index (Phi) is 4.84. The standard InChI is InChI=1S/C21H19FN4O3/c1-12(27)23-18-9-15(7-8-17(18)22)21(28)26-11-16-6-4-3-5-14(16)10-19(26)20-25-24-13(2)29-20/h3-9,19H,10-11H2,1-2H3,(H,23,27)/t19-/m1/s1. The highest BCUT2D eigenvalue weighted by molar-refractivity contribution is 5.97. The van der Waals surface area contributed by atoms with Gasteiger partial charge in [0.05, 0.1) is 5.69 Å². The lowest BCUT2D eigenvalue weighted by atomic mass is 9.93. The molecule has 0 bridgehead atoms. The van der Waals surface area contributed by atoms with Crippen molar-refractivity contribution in [3.05, 3.63) is 76.8 Å². The maximum atomic E-state index is 14.0. The number of nitrogens with zero attached hydrogens (tertiary/aromatic N) is 3. The molecule has 4 rings (SSSR count). The molecule has 0 radical (unpaired) electrons. The van der Waals surface area contributed by atoms with Gasteiger partial charge in [0.25, 0.3) is 5.91 Å². The van der Waals surface area contributed by atoms with Gasteiger partial charge in [-0.3, -0.25) is 9.59 Å². The van der Waals surface area contributed by atoms with E-state index in [0.29, 0.717) is 24.7 Å². The minimum atomic E-state index is -0.607. The molecule has 0 unspecified atom stereocenters. The Bertz CT molecular complexity index is 1100. The first-order valence-electron chi connectivity index (χ1n) is 9.17. The van der Waals surface area contributed by atoms with Gasteiger partial charge in [-0.2, -0.15) is 0 Å². The Morgan fingerprint density at radius 2 is 1.93 bits per heavy atom. The third kappa shape index (κ3) is 3.73. The lowest BCUT2D eigenvalue weighted by Gasteiger charge is -2.35. The van der Waals surface area contributed by atoms with E-state index >= 15 is 0 Å². The Morgan fingerprint density at radius 3 is 2.62 bits per heavy atom. The summed E-state index contributed by atoms with van der Waals surface area (Å²) in [5.41, 5.74) is 2.36. The van der Waals surface area contributed by atoms with Gasteiger partial charge < -0.3 is 14.6 Å². The van der Waals surface area contributed by atoms with E-state index in [1.807, 2.05) is 24.3 Å². The van der Waals surface area contributed by atoms with Gasteiger partial charge in [-0.1, -0.05) is 24.3 Å². The van der Waals surface area contributed by atoms with E-state index in [-0.39, 0.29) is 17.2 Å². The molecule has 1 aliphatic rings. The van der Waals surface area contributed by atoms with Gasteiger partial charge in [0, 0.05) is 32.4 Å². The second-order valence-corrected chi connectivity index (χ2v) is 6.96. The normalized spacial score (nSPS) is 15.7. The zero-order valence-electron chi connectivity index (χ0n) is 16.0. The van der Waals surface area contributed by atoms with E-state index in [1.54, 1.807) is 11.8 Å². The van der Waals surface area contributed by atoms with Crippen molar-refractivity contribution in [1.29, 1.82) is 0 Å². The molecule has 2 aromatic carbocycles. The third-order valence-corrected chi connectivity index (χ3v) is 4.86. The van der Waals surface area contributed by atoms with E-state index in [9.17, 15) is 14.0 Å². The number of benzene rings is 2. The van der Waals surface area contributed by atoms with E-state index < -0.39 is 17.8 Å². The lowest BCUT2D eigenvalue weighted by molar-refractivity contribution is -0.114. The van der Waals surface area contributed by atoms with E-state index in [2.05, 4.69) is 15.5 Å². The molecule has 0 fully saturated rings. The summed E-state index contributed by atoms with van der Waals surface area (Å²) in [4.78, 5) is 26.3. The number of rotatable bonds is 3. The van der Waals surface area contributed by atoms with Crippen LogP contribution in [0.25, 0.3) is 0 Å². The average molecular weight is 394 g/mol. The molecule has 0 spiro atoms. The number of anilines is 1. The van der Waals surface area contributed by atoms with Crippen LogP contribution < -0.4 is 5.32 Å². The van der Waals surface area contributed by atoms with Crippen molar-refractivity contribution in [3.63, 3.8) is 0 Å². The van der Waals surface area contributed by atoms with Crippen molar-refractivity contribution in [2.45, 2.75) is 32.9 Å². The highest BCUT2D eigenvalue weighted by Gasteiger charge is 2.35. The number of fused-ring (bicyclic) bond motifs is 1. The van der Waals surface area contributed by atoms with Crippen molar-refractivity contribution >= 4 is 17.5 Å². The van der Waals surface area contributed by atoms with E-state index in [4.69, 9.17) is 4.42 Å². The predicted molar refractivity (Wildman–Crippen MR) is 102 cm³/mol. The monoisotopic (exact) mass is 394 g/mol. The number of carbonyl (C=O) groups excluding carboxylic acids is 2. The predicted octanol–water partition coefficient (Wildman–Crippen LogP) is 3.42.